The normalized spacial score (nSPS) is 22.8. The number of carbonyl (C=O) groups is 3. The molecule has 0 unspecified atom stereocenters. The highest BCUT2D eigenvalue weighted by Crippen LogP contribution is 2.16. The van der Waals surface area contributed by atoms with Crippen molar-refractivity contribution < 1.29 is 14.4 Å². The largest absolute Gasteiger partial charge is 0.336 e. The lowest BCUT2D eigenvalue weighted by molar-refractivity contribution is 0.191. The summed E-state index contributed by atoms with van der Waals surface area (Å²) in [5.41, 5.74) is 0. The predicted molar refractivity (Wildman–Crippen MR) is 91.3 cm³/mol. The number of nitrogens with one attached hydrogen (secondary N) is 4. The Bertz CT molecular complexity index is 432. The van der Waals surface area contributed by atoms with Crippen LogP contribution < -0.4 is 21.3 Å². The molecule has 4 N–H and O–H groups in total. The lowest BCUT2D eigenvalue weighted by Crippen LogP contribution is -2.60. The van der Waals surface area contributed by atoms with E-state index in [-0.39, 0.29) is 30.2 Å². The van der Waals surface area contributed by atoms with Gasteiger partial charge in [0.25, 0.3) is 0 Å². The van der Waals surface area contributed by atoms with Crippen LogP contribution in [-0.4, -0.2) is 66.4 Å². The molecular weight excluding hydrogens is 312 g/mol. The van der Waals surface area contributed by atoms with E-state index in [1.807, 2.05) is 27.7 Å². The van der Waals surface area contributed by atoms with Crippen molar-refractivity contribution in [2.45, 2.75) is 65.0 Å². The lowest BCUT2D eigenvalue weighted by atomic mass is 10.2. The fourth-order valence-electron chi connectivity index (χ4n) is 2.27. The summed E-state index contributed by atoms with van der Waals surface area (Å²) in [6.07, 6.45) is 0.279. The molecule has 1 aliphatic heterocycles. The van der Waals surface area contributed by atoms with E-state index >= 15 is 0 Å². The average molecular weight is 342 g/mol. The summed E-state index contributed by atoms with van der Waals surface area (Å²) in [6.45, 7) is 7.72. The van der Waals surface area contributed by atoms with Crippen LogP contribution in [0.3, 0.4) is 0 Å². The number of hydrogen-bond donors (Lipinski definition) is 4. The summed E-state index contributed by atoms with van der Waals surface area (Å²) in [7, 11) is 3.17. The first-order valence-corrected chi connectivity index (χ1v) is 8.34. The van der Waals surface area contributed by atoms with Gasteiger partial charge in [0, 0.05) is 26.2 Å². The Kier molecular flexibility index (Phi) is 7.12. The first kappa shape index (κ1) is 19.9. The van der Waals surface area contributed by atoms with Gasteiger partial charge >= 0.3 is 18.1 Å². The van der Waals surface area contributed by atoms with Gasteiger partial charge in [0.05, 0.1) is 0 Å². The molecule has 1 rings (SSSR count). The Balaban J connectivity index is 2.76. The molecule has 0 aromatic heterocycles. The zero-order valence-electron chi connectivity index (χ0n) is 15.3. The quantitative estimate of drug-likeness (QED) is 0.574. The van der Waals surface area contributed by atoms with Crippen LogP contribution in [0.5, 0.6) is 0 Å². The summed E-state index contributed by atoms with van der Waals surface area (Å²) in [5.74, 6) is 0. The van der Waals surface area contributed by atoms with Gasteiger partial charge in [0.1, 0.15) is 12.3 Å². The van der Waals surface area contributed by atoms with E-state index in [1.165, 1.54) is 9.80 Å². The van der Waals surface area contributed by atoms with E-state index < -0.39 is 12.3 Å². The lowest BCUT2D eigenvalue weighted by Gasteiger charge is -2.28. The van der Waals surface area contributed by atoms with Gasteiger partial charge in [0.15, 0.2) is 0 Å². The summed E-state index contributed by atoms with van der Waals surface area (Å²) >= 11 is 0. The van der Waals surface area contributed by atoms with Crippen LogP contribution >= 0.6 is 0 Å². The van der Waals surface area contributed by atoms with Gasteiger partial charge in [-0.2, -0.15) is 0 Å². The first-order chi connectivity index (χ1) is 11.2. The van der Waals surface area contributed by atoms with Gasteiger partial charge in [-0.15, -0.1) is 0 Å². The summed E-state index contributed by atoms with van der Waals surface area (Å²) < 4.78 is 0. The molecule has 1 saturated heterocycles. The van der Waals surface area contributed by atoms with Crippen molar-refractivity contribution in [1.29, 1.82) is 0 Å². The van der Waals surface area contributed by atoms with Gasteiger partial charge in [0.2, 0.25) is 0 Å². The summed E-state index contributed by atoms with van der Waals surface area (Å²) in [4.78, 5) is 39.1. The van der Waals surface area contributed by atoms with E-state index in [9.17, 15) is 14.4 Å². The number of nitrogens with zero attached hydrogens (tertiary/aromatic N) is 2. The molecule has 1 fully saturated rings. The van der Waals surface area contributed by atoms with E-state index in [1.54, 1.807) is 14.1 Å². The number of likely N-dealkylation sites (N-methyl/N-ethyl adjacent to an activating group) is 2. The minimum atomic E-state index is -0.658. The van der Waals surface area contributed by atoms with Crippen LogP contribution in [0.2, 0.25) is 0 Å². The molecule has 138 valence electrons. The molecule has 24 heavy (non-hydrogen) atoms. The minimum absolute atomic E-state index is 0.0188. The van der Waals surface area contributed by atoms with Crippen LogP contribution in [0.15, 0.2) is 0 Å². The molecule has 0 aromatic rings. The fourth-order valence-corrected chi connectivity index (χ4v) is 2.27. The van der Waals surface area contributed by atoms with Crippen LogP contribution in [-0.2, 0) is 0 Å². The molecule has 0 aliphatic carbocycles. The van der Waals surface area contributed by atoms with Gasteiger partial charge in [-0.3, -0.25) is 0 Å². The molecule has 0 radical (unpaired) electrons. The number of rotatable bonds is 6. The maximum Gasteiger partial charge on any atom is 0.323 e. The maximum atomic E-state index is 12.2. The smallest absolute Gasteiger partial charge is 0.323 e. The second-order valence-electron chi connectivity index (χ2n) is 6.25. The fraction of sp³-hybridized carbons (Fsp3) is 0.800. The molecule has 0 bridgehead atoms. The number of carbonyl (C=O) groups excluding carboxylic acids is 3. The van der Waals surface area contributed by atoms with Crippen molar-refractivity contribution in [3.63, 3.8) is 0 Å². The third-order valence-corrected chi connectivity index (χ3v) is 4.27. The zero-order valence-corrected chi connectivity index (χ0v) is 15.3. The van der Waals surface area contributed by atoms with Gasteiger partial charge in [-0.05, 0) is 26.7 Å². The van der Waals surface area contributed by atoms with E-state index in [2.05, 4.69) is 21.3 Å². The molecule has 0 saturated carbocycles. The third kappa shape index (κ3) is 4.90. The number of hydrogen-bond acceptors (Lipinski definition) is 3. The van der Waals surface area contributed by atoms with Gasteiger partial charge in [-0.1, -0.05) is 13.8 Å². The molecule has 9 nitrogen and oxygen atoms in total. The Morgan fingerprint density at radius 2 is 1.25 bits per heavy atom. The zero-order chi connectivity index (χ0) is 18.4. The highest BCUT2D eigenvalue weighted by Gasteiger charge is 2.43. The van der Waals surface area contributed by atoms with Crippen molar-refractivity contribution >= 4 is 18.1 Å². The highest BCUT2D eigenvalue weighted by atomic mass is 16.2. The van der Waals surface area contributed by atoms with E-state index in [4.69, 9.17) is 0 Å². The monoisotopic (exact) mass is 342 g/mol. The molecule has 6 amide bonds. The molecule has 9 heteroatoms. The van der Waals surface area contributed by atoms with E-state index in [0.29, 0.717) is 0 Å². The highest BCUT2D eigenvalue weighted by molar-refractivity contribution is 5.82. The van der Waals surface area contributed by atoms with Crippen LogP contribution in [0.1, 0.15) is 40.5 Å². The molecular formula is C15H30N6O3. The number of urea groups is 3. The predicted octanol–water partition coefficient (Wildman–Crippen LogP) is 0.831. The van der Waals surface area contributed by atoms with Crippen molar-refractivity contribution in [2.75, 3.05) is 14.1 Å². The Morgan fingerprint density at radius 1 is 0.917 bits per heavy atom. The standard InChI is InChI=1S/C15H30N6O3/c1-7-9(3)16-13(22)18-11-12(21(6)15(24)20(11)5)19-14(23)17-10(4)8-2/h9-12H,7-8H2,1-6H3,(H2,16,18,22)(H2,17,19,23)/t9-,10-,11-,12-/m0/s1. The topological polar surface area (TPSA) is 106 Å². The second-order valence-corrected chi connectivity index (χ2v) is 6.25. The van der Waals surface area contributed by atoms with Crippen molar-refractivity contribution in [3.05, 3.63) is 0 Å². The van der Waals surface area contributed by atoms with Crippen molar-refractivity contribution in [2.24, 2.45) is 0 Å². The molecule has 0 spiro atoms. The molecule has 1 aliphatic rings. The Morgan fingerprint density at radius 3 is 1.54 bits per heavy atom. The van der Waals surface area contributed by atoms with Gasteiger partial charge in [-0.25, -0.2) is 14.4 Å². The third-order valence-electron chi connectivity index (χ3n) is 4.27. The molecule has 0 aromatic carbocycles. The maximum absolute atomic E-state index is 12.2. The van der Waals surface area contributed by atoms with Crippen molar-refractivity contribution in [3.8, 4) is 0 Å². The summed E-state index contributed by atoms with van der Waals surface area (Å²) in [5, 5.41) is 11.1. The Labute approximate surface area is 143 Å². The van der Waals surface area contributed by atoms with Crippen LogP contribution in [0.4, 0.5) is 14.4 Å². The summed E-state index contributed by atoms with van der Waals surface area (Å²) in [6, 6.07) is -0.995. The number of amides is 6. The van der Waals surface area contributed by atoms with Crippen LogP contribution in [0.25, 0.3) is 0 Å². The van der Waals surface area contributed by atoms with Gasteiger partial charge < -0.3 is 31.1 Å². The molecule has 1 heterocycles. The minimum Gasteiger partial charge on any atom is -0.336 e. The van der Waals surface area contributed by atoms with Crippen molar-refractivity contribution in [1.82, 2.24) is 31.1 Å². The Hall–Kier alpha value is -2.19. The average Bonchev–Trinajstić information content (AvgIpc) is 2.72. The SMILES string of the molecule is CC[C@H](C)NC(=O)N[C@@H]1[C@@H](NC(=O)N[C@@H](C)CC)N(C)C(=O)N1C. The van der Waals surface area contributed by atoms with E-state index in [0.717, 1.165) is 12.8 Å². The molecule has 4 atom stereocenters. The first-order valence-electron chi connectivity index (χ1n) is 8.34. The van der Waals surface area contributed by atoms with Crippen LogP contribution in [0, 0.1) is 0 Å². The second kappa shape index (κ2) is 8.60.